The third kappa shape index (κ3) is 4.35. The number of nitrogens with zero attached hydrogens (tertiary/aromatic N) is 1. The van der Waals surface area contributed by atoms with Gasteiger partial charge in [-0.15, -0.1) is 0 Å². The molecule has 5 aliphatic rings. The van der Waals surface area contributed by atoms with Crippen molar-refractivity contribution in [2.75, 3.05) is 27.4 Å². The number of ether oxygens (including phenoxy) is 3. The molecule has 1 heterocycles. The molecule has 8 heteroatoms. The highest BCUT2D eigenvalue weighted by molar-refractivity contribution is 5.85. The molecule has 4 fully saturated rings. The number of aliphatic imine (C=N–C) groups is 1. The Balaban J connectivity index is 1.27. The van der Waals surface area contributed by atoms with Gasteiger partial charge in [-0.05, 0) is 98.8 Å². The van der Waals surface area contributed by atoms with E-state index in [1.165, 1.54) is 0 Å². The number of esters is 1. The Kier molecular flexibility index (Phi) is 7.27. The molecule has 0 unspecified atom stereocenters. The van der Waals surface area contributed by atoms with Crippen LogP contribution in [0.2, 0.25) is 0 Å². The lowest BCUT2D eigenvalue weighted by molar-refractivity contribution is -0.237. The first kappa shape index (κ1) is 28.7. The molecule has 4 saturated carbocycles. The number of hydrogen-bond acceptors (Lipinski definition) is 8. The van der Waals surface area contributed by atoms with Gasteiger partial charge < -0.3 is 29.5 Å². The maximum Gasteiger partial charge on any atom is 0.331 e. The van der Waals surface area contributed by atoms with Crippen molar-refractivity contribution < 1.29 is 34.3 Å². The summed E-state index contributed by atoms with van der Waals surface area (Å²) in [4.78, 5) is 16.8. The van der Waals surface area contributed by atoms with Crippen LogP contribution in [-0.2, 0) is 16.0 Å². The molecule has 3 N–H and O–H groups in total. The lowest BCUT2D eigenvalue weighted by Gasteiger charge is -2.65. The smallest absolute Gasteiger partial charge is 0.331 e. The van der Waals surface area contributed by atoms with Gasteiger partial charge in [-0.25, -0.2) is 4.79 Å². The van der Waals surface area contributed by atoms with E-state index in [0.717, 1.165) is 43.2 Å². The van der Waals surface area contributed by atoms with Crippen molar-refractivity contribution in [3.63, 3.8) is 0 Å². The highest BCUT2D eigenvalue weighted by Crippen LogP contribution is 2.70. The maximum atomic E-state index is 12.6. The van der Waals surface area contributed by atoms with Crippen LogP contribution < -0.4 is 9.47 Å². The van der Waals surface area contributed by atoms with Crippen LogP contribution in [0.1, 0.15) is 70.3 Å². The van der Waals surface area contributed by atoms with E-state index in [2.05, 4.69) is 6.92 Å². The Hall–Kier alpha value is -2.42. The number of hydrogen-bond donors (Lipinski definition) is 3. The molecule has 6 rings (SSSR count). The molecular weight excluding hydrogens is 522 g/mol. The van der Waals surface area contributed by atoms with E-state index in [1.54, 1.807) is 20.3 Å². The third-order valence-corrected chi connectivity index (χ3v) is 11.9. The van der Waals surface area contributed by atoms with E-state index in [4.69, 9.17) is 19.2 Å². The van der Waals surface area contributed by atoms with Crippen molar-refractivity contribution in [2.45, 2.75) is 88.4 Å². The average molecular weight is 568 g/mol. The minimum atomic E-state index is -1.05. The number of carbonyl (C=O) groups excluding carboxylic acids is 1. The molecule has 0 aromatic heterocycles. The maximum absolute atomic E-state index is 12.6. The quantitative estimate of drug-likeness (QED) is 0.336. The Morgan fingerprint density at radius 2 is 1.80 bits per heavy atom. The Morgan fingerprint density at radius 3 is 2.54 bits per heavy atom. The van der Waals surface area contributed by atoms with Crippen LogP contribution in [0.25, 0.3) is 0 Å². The number of aliphatic hydroxyl groups excluding tert-OH is 1. The van der Waals surface area contributed by atoms with Crippen LogP contribution in [0.15, 0.2) is 34.8 Å². The Morgan fingerprint density at radius 1 is 1.02 bits per heavy atom. The lowest BCUT2D eigenvalue weighted by atomic mass is 9.41. The van der Waals surface area contributed by atoms with E-state index in [9.17, 15) is 20.1 Å². The van der Waals surface area contributed by atoms with Crippen molar-refractivity contribution in [3.8, 4) is 11.5 Å². The van der Waals surface area contributed by atoms with Gasteiger partial charge in [0.2, 0.25) is 0 Å². The molecular formula is C33H45NO7. The summed E-state index contributed by atoms with van der Waals surface area (Å²) in [5, 5.41) is 35.4. The zero-order valence-electron chi connectivity index (χ0n) is 24.6. The molecule has 4 aliphatic carbocycles. The molecule has 0 bridgehead atoms. The predicted molar refractivity (Wildman–Crippen MR) is 154 cm³/mol. The number of methoxy groups -OCH3 is 2. The molecule has 1 aliphatic heterocycles. The van der Waals surface area contributed by atoms with Crippen LogP contribution in [0.3, 0.4) is 0 Å². The highest BCUT2D eigenvalue weighted by atomic mass is 16.5. The second kappa shape index (κ2) is 10.4. The minimum absolute atomic E-state index is 0.0256. The number of aliphatic hydroxyl groups is 3. The zero-order valence-corrected chi connectivity index (χ0v) is 24.6. The van der Waals surface area contributed by atoms with E-state index in [0.29, 0.717) is 56.8 Å². The second-order valence-corrected chi connectivity index (χ2v) is 13.5. The zero-order chi connectivity index (χ0) is 29.0. The van der Waals surface area contributed by atoms with Gasteiger partial charge in [-0.1, -0.05) is 13.0 Å². The molecule has 0 amide bonds. The summed E-state index contributed by atoms with van der Waals surface area (Å²) in [6.45, 7) is 3.11. The van der Waals surface area contributed by atoms with E-state index >= 15 is 0 Å². The predicted octanol–water partition coefficient (Wildman–Crippen LogP) is 4.03. The van der Waals surface area contributed by atoms with Crippen molar-refractivity contribution in [1.29, 1.82) is 0 Å². The molecule has 1 aromatic rings. The Bertz CT molecular complexity index is 1250. The minimum Gasteiger partial charge on any atom is -0.493 e. The molecule has 0 spiro atoms. The van der Waals surface area contributed by atoms with Crippen LogP contribution in [-0.4, -0.2) is 72.2 Å². The van der Waals surface area contributed by atoms with Gasteiger partial charge in [0.05, 0.1) is 31.5 Å². The van der Waals surface area contributed by atoms with E-state index in [1.807, 2.05) is 24.4 Å². The number of rotatable bonds is 7. The van der Waals surface area contributed by atoms with Gasteiger partial charge in [0, 0.05) is 36.1 Å². The van der Waals surface area contributed by atoms with E-state index < -0.39 is 22.7 Å². The van der Waals surface area contributed by atoms with Gasteiger partial charge in [0.25, 0.3) is 0 Å². The van der Waals surface area contributed by atoms with Gasteiger partial charge >= 0.3 is 5.97 Å². The monoisotopic (exact) mass is 567 g/mol. The molecule has 8 nitrogen and oxygen atoms in total. The SMILES string of the molecule is COc1ccc(CCN=C[C@]23CC[C@H](O)C[C@]2(O)CC[C@@H]2[C@@H]3CC[C@]3(C)[C@H](C4=CC(=O)OC4)CC[C@@]23O)cc1OC. The number of cyclic esters (lactones) is 1. The topological polar surface area (TPSA) is 118 Å². The van der Waals surface area contributed by atoms with Crippen molar-refractivity contribution >= 4 is 12.2 Å². The largest absolute Gasteiger partial charge is 0.493 e. The van der Waals surface area contributed by atoms with Gasteiger partial charge in [0.15, 0.2) is 11.5 Å². The van der Waals surface area contributed by atoms with E-state index in [-0.39, 0.29) is 29.1 Å². The average Bonchev–Trinajstić information content (AvgIpc) is 3.50. The highest BCUT2D eigenvalue weighted by Gasteiger charge is 2.71. The molecule has 0 saturated heterocycles. The van der Waals surface area contributed by atoms with Gasteiger partial charge in [-0.3, -0.25) is 4.99 Å². The summed E-state index contributed by atoms with van der Waals surface area (Å²) >= 11 is 0. The number of fused-ring (bicyclic) bond motifs is 5. The summed E-state index contributed by atoms with van der Waals surface area (Å²) in [5.74, 6) is 1.33. The summed E-state index contributed by atoms with van der Waals surface area (Å²) in [5.41, 5.74) is -0.750. The van der Waals surface area contributed by atoms with Crippen molar-refractivity contribution in [3.05, 3.63) is 35.4 Å². The van der Waals surface area contributed by atoms with Crippen LogP contribution in [0, 0.1) is 28.6 Å². The van der Waals surface area contributed by atoms with Crippen LogP contribution in [0.5, 0.6) is 11.5 Å². The summed E-state index contributed by atoms with van der Waals surface area (Å²) in [7, 11) is 3.25. The third-order valence-electron chi connectivity index (χ3n) is 11.9. The normalized spacial score (nSPS) is 41.8. The summed E-state index contributed by atoms with van der Waals surface area (Å²) in [6, 6.07) is 5.90. The van der Waals surface area contributed by atoms with Crippen LogP contribution in [0.4, 0.5) is 0 Å². The standard InChI is InChI=1S/C33H45NO7/c1-30-11-7-25-26(33(30,38)14-9-24(30)22-17-29(36)41-19-22)8-13-32(37)18-23(35)6-12-31(25,32)20-34-15-10-21-4-5-27(39-2)28(16-21)40-3/h4-5,16-17,20,23-26,35,37-38H,6-15,18-19H2,1-3H3/t23-,24-,25-,26+,30+,31-,32+,33+/m0/s1. The van der Waals surface area contributed by atoms with Crippen LogP contribution >= 0.6 is 0 Å². The first-order valence-corrected chi connectivity index (χ1v) is 15.3. The van der Waals surface area contributed by atoms with Crippen molar-refractivity contribution in [1.82, 2.24) is 0 Å². The fourth-order valence-electron chi connectivity index (χ4n) is 9.82. The number of carbonyl (C=O) groups is 1. The molecule has 41 heavy (non-hydrogen) atoms. The molecule has 8 atom stereocenters. The first-order valence-electron chi connectivity index (χ1n) is 15.3. The second-order valence-electron chi connectivity index (χ2n) is 13.5. The van der Waals surface area contributed by atoms with Gasteiger partial charge in [-0.2, -0.15) is 0 Å². The van der Waals surface area contributed by atoms with Gasteiger partial charge in [0.1, 0.15) is 6.61 Å². The fraction of sp³-hybridized carbons (Fsp3) is 0.697. The lowest BCUT2D eigenvalue weighted by Crippen LogP contribution is -2.68. The number of benzene rings is 1. The molecule has 224 valence electrons. The first-order chi connectivity index (χ1) is 19.6. The summed E-state index contributed by atoms with van der Waals surface area (Å²) < 4.78 is 16.1. The fourth-order valence-corrected chi connectivity index (χ4v) is 9.82. The molecule has 1 aromatic carbocycles. The Labute approximate surface area is 242 Å². The summed E-state index contributed by atoms with van der Waals surface area (Å²) in [6.07, 6.45) is 10.00. The molecule has 0 radical (unpaired) electrons. The van der Waals surface area contributed by atoms with Crippen molar-refractivity contribution in [2.24, 2.45) is 33.6 Å².